The molecule has 0 unspecified atom stereocenters. The summed E-state index contributed by atoms with van der Waals surface area (Å²) in [6.07, 6.45) is 0.847. The highest BCUT2D eigenvalue weighted by Gasteiger charge is 2.21. The molecule has 0 aliphatic carbocycles. The van der Waals surface area contributed by atoms with E-state index in [0.717, 1.165) is 6.42 Å². The molecule has 1 N–H and O–H groups in total. The summed E-state index contributed by atoms with van der Waals surface area (Å²) in [6.45, 7) is 2.56. The number of amides is 1. The van der Waals surface area contributed by atoms with Crippen molar-refractivity contribution in [3.63, 3.8) is 0 Å². The Labute approximate surface area is 137 Å². The van der Waals surface area contributed by atoms with Gasteiger partial charge in [0.05, 0.1) is 10.6 Å². The van der Waals surface area contributed by atoms with Crippen molar-refractivity contribution in [2.45, 2.75) is 18.2 Å². The maximum absolute atomic E-state index is 12.6. The third-order valence-corrected chi connectivity index (χ3v) is 5.23. The van der Waals surface area contributed by atoms with Crippen LogP contribution in [0.2, 0.25) is 0 Å². The van der Waals surface area contributed by atoms with Crippen LogP contribution in [-0.2, 0) is 10.0 Å². The van der Waals surface area contributed by atoms with Gasteiger partial charge in [0.15, 0.2) is 0 Å². The van der Waals surface area contributed by atoms with Crippen LogP contribution in [0.25, 0.3) is 0 Å². The molecule has 0 atom stereocenters. The Morgan fingerprint density at radius 1 is 1.04 bits per heavy atom. The second-order valence-corrected chi connectivity index (χ2v) is 7.06. The number of para-hydroxylation sites is 1. The molecule has 0 spiro atoms. The maximum Gasteiger partial charge on any atom is 0.264 e. The van der Waals surface area contributed by atoms with Crippen LogP contribution in [0.3, 0.4) is 0 Å². The van der Waals surface area contributed by atoms with Crippen molar-refractivity contribution >= 4 is 21.6 Å². The van der Waals surface area contributed by atoms with Gasteiger partial charge in [-0.3, -0.25) is 9.10 Å². The van der Waals surface area contributed by atoms with Crippen LogP contribution in [0.1, 0.15) is 23.7 Å². The minimum absolute atomic E-state index is 0.149. The SMILES string of the molecule is CCCNC(=O)c1ccc(S(=O)(=O)N(C)c2ccccc2)cc1. The van der Waals surface area contributed by atoms with Gasteiger partial charge in [0.2, 0.25) is 0 Å². The van der Waals surface area contributed by atoms with Crippen LogP contribution in [0, 0.1) is 0 Å². The quantitative estimate of drug-likeness (QED) is 0.884. The fraction of sp³-hybridized carbons (Fsp3) is 0.235. The van der Waals surface area contributed by atoms with Crippen molar-refractivity contribution in [2.75, 3.05) is 17.9 Å². The van der Waals surface area contributed by atoms with Gasteiger partial charge >= 0.3 is 0 Å². The summed E-state index contributed by atoms with van der Waals surface area (Å²) in [5, 5.41) is 2.76. The Bertz CT molecular complexity index is 756. The monoisotopic (exact) mass is 332 g/mol. The van der Waals surface area contributed by atoms with Gasteiger partial charge in [0.25, 0.3) is 15.9 Å². The van der Waals surface area contributed by atoms with E-state index in [9.17, 15) is 13.2 Å². The number of hydrogen-bond donors (Lipinski definition) is 1. The summed E-state index contributed by atoms with van der Waals surface area (Å²) in [4.78, 5) is 12.0. The second-order valence-electron chi connectivity index (χ2n) is 5.09. The van der Waals surface area contributed by atoms with Gasteiger partial charge in [-0.2, -0.15) is 0 Å². The van der Waals surface area contributed by atoms with Crippen molar-refractivity contribution in [1.29, 1.82) is 0 Å². The maximum atomic E-state index is 12.6. The minimum atomic E-state index is -3.65. The molecule has 0 saturated carbocycles. The summed E-state index contributed by atoms with van der Waals surface area (Å²) in [5.74, 6) is -0.202. The van der Waals surface area contributed by atoms with Gasteiger partial charge < -0.3 is 5.32 Å². The fourth-order valence-electron chi connectivity index (χ4n) is 2.05. The van der Waals surface area contributed by atoms with E-state index in [2.05, 4.69) is 5.32 Å². The van der Waals surface area contributed by atoms with E-state index in [1.54, 1.807) is 24.3 Å². The molecular formula is C17H20N2O3S. The van der Waals surface area contributed by atoms with Gasteiger partial charge in [-0.25, -0.2) is 8.42 Å². The number of benzene rings is 2. The fourth-order valence-corrected chi connectivity index (χ4v) is 3.25. The van der Waals surface area contributed by atoms with E-state index < -0.39 is 10.0 Å². The summed E-state index contributed by atoms with van der Waals surface area (Å²) < 4.78 is 26.4. The first-order chi connectivity index (χ1) is 11.0. The minimum Gasteiger partial charge on any atom is -0.352 e. The average Bonchev–Trinajstić information content (AvgIpc) is 2.59. The van der Waals surface area contributed by atoms with Gasteiger partial charge in [-0.15, -0.1) is 0 Å². The van der Waals surface area contributed by atoms with Gasteiger partial charge in [0, 0.05) is 19.2 Å². The molecule has 0 aliphatic heterocycles. The van der Waals surface area contributed by atoms with Gasteiger partial charge in [-0.1, -0.05) is 25.1 Å². The molecule has 5 nitrogen and oxygen atoms in total. The lowest BCUT2D eigenvalue weighted by Crippen LogP contribution is -2.27. The first-order valence-electron chi connectivity index (χ1n) is 7.39. The summed E-state index contributed by atoms with van der Waals surface area (Å²) in [7, 11) is -2.14. The van der Waals surface area contributed by atoms with E-state index in [1.165, 1.54) is 35.6 Å². The highest BCUT2D eigenvalue weighted by atomic mass is 32.2. The number of nitrogens with one attached hydrogen (secondary N) is 1. The molecule has 2 aromatic rings. The van der Waals surface area contributed by atoms with Crippen molar-refractivity contribution in [2.24, 2.45) is 0 Å². The zero-order valence-electron chi connectivity index (χ0n) is 13.2. The molecular weight excluding hydrogens is 312 g/mol. The number of sulfonamides is 1. The van der Waals surface area contributed by atoms with Crippen molar-refractivity contribution < 1.29 is 13.2 Å². The summed E-state index contributed by atoms with van der Waals surface area (Å²) in [6, 6.07) is 14.8. The molecule has 23 heavy (non-hydrogen) atoms. The third-order valence-electron chi connectivity index (χ3n) is 3.43. The Hall–Kier alpha value is -2.34. The highest BCUT2D eigenvalue weighted by molar-refractivity contribution is 7.92. The lowest BCUT2D eigenvalue weighted by atomic mass is 10.2. The number of anilines is 1. The lowest BCUT2D eigenvalue weighted by Gasteiger charge is -2.19. The highest BCUT2D eigenvalue weighted by Crippen LogP contribution is 2.21. The number of carbonyl (C=O) groups is 1. The molecule has 2 rings (SSSR count). The Balaban J connectivity index is 2.22. The van der Waals surface area contributed by atoms with Crippen LogP contribution in [0.5, 0.6) is 0 Å². The third kappa shape index (κ3) is 3.90. The van der Waals surface area contributed by atoms with E-state index in [-0.39, 0.29) is 10.8 Å². The predicted octanol–water partition coefficient (Wildman–Crippen LogP) is 2.65. The van der Waals surface area contributed by atoms with E-state index >= 15 is 0 Å². The lowest BCUT2D eigenvalue weighted by molar-refractivity contribution is 0.0953. The molecule has 0 heterocycles. The number of rotatable bonds is 6. The smallest absolute Gasteiger partial charge is 0.264 e. The standard InChI is InChI=1S/C17H20N2O3S/c1-3-13-18-17(20)14-9-11-16(12-10-14)23(21,22)19(2)15-7-5-4-6-8-15/h4-12H,3,13H2,1-2H3,(H,18,20). The molecule has 0 aromatic heterocycles. The van der Waals surface area contributed by atoms with E-state index in [1.807, 2.05) is 13.0 Å². The molecule has 122 valence electrons. The van der Waals surface area contributed by atoms with Crippen LogP contribution >= 0.6 is 0 Å². The Morgan fingerprint density at radius 3 is 2.22 bits per heavy atom. The first kappa shape index (κ1) is 17.0. The predicted molar refractivity (Wildman–Crippen MR) is 91.1 cm³/mol. The molecule has 0 saturated heterocycles. The van der Waals surface area contributed by atoms with Crippen molar-refractivity contribution in [3.8, 4) is 0 Å². The number of hydrogen-bond acceptors (Lipinski definition) is 3. The van der Waals surface area contributed by atoms with Crippen LogP contribution in [0.4, 0.5) is 5.69 Å². The van der Waals surface area contributed by atoms with E-state index in [4.69, 9.17) is 0 Å². The molecule has 2 aromatic carbocycles. The van der Waals surface area contributed by atoms with Crippen molar-refractivity contribution in [1.82, 2.24) is 5.32 Å². The molecule has 0 radical (unpaired) electrons. The Kier molecular flexibility index (Phi) is 5.39. The molecule has 1 amide bonds. The largest absolute Gasteiger partial charge is 0.352 e. The average molecular weight is 332 g/mol. The number of nitrogens with zero attached hydrogens (tertiary/aromatic N) is 1. The van der Waals surface area contributed by atoms with Crippen LogP contribution in [0.15, 0.2) is 59.5 Å². The topological polar surface area (TPSA) is 66.5 Å². The first-order valence-corrected chi connectivity index (χ1v) is 8.83. The van der Waals surface area contributed by atoms with Gasteiger partial charge in [0.1, 0.15) is 0 Å². The van der Waals surface area contributed by atoms with Crippen molar-refractivity contribution in [3.05, 3.63) is 60.2 Å². The van der Waals surface area contributed by atoms with Crippen LogP contribution < -0.4 is 9.62 Å². The summed E-state index contributed by atoms with van der Waals surface area (Å²) in [5.41, 5.74) is 1.03. The molecule has 0 bridgehead atoms. The summed E-state index contributed by atoms with van der Waals surface area (Å²) >= 11 is 0. The molecule has 0 aliphatic rings. The van der Waals surface area contributed by atoms with Gasteiger partial charge in [-0.05, 0) is 42.8 Å². The second kappa shape index (κ2) is 7.28. The normalized spacial score (nSPS) is 11.0. The number of carbonyl (C=O) groups excluding carboxylic acids is 1. The zero-order valence-corrected chi connectivity index (χ0v) is 14.0. The zero-order chi connectivity index (χ0) is 16.9. The molecule has 0 fully saturated rings. The Morgan fingerprint density at radius 2 is 1.65 bits per heavy atom. The van der Waals surface area contributed by atoms with Crippen LogP contribution in [-0.4, -0.2) is 27.9 Å². The van der Waals surface area contributed by atoms with E-state index in [0.29, 0.717) is 17.8 Å². The molecule has 6 heteroatoms.